The first-order valence-electron chi connectivity index (χ1n) is 5.51. The fourth-order valence-corrected chi connectivity index (χ4v) is 1.69. The molecule has 100 valence electrons. The van der Waals surface area contributed by atoms with Gasteiger partial charge in [-0.25, -0.2) is 8.78 Å². The maximum Gasteiger partial charge on any atom is 0.324 e. The summed E-state index contributed by atoms with van der Waals surface area (Å²) in [6, 6.07) is 0.211. The normalized spacial score (nSPS) is 18.6. The highest BCUT2D eigenvalue weighted by molar-refractivity contribution is 5.33. The first-order chi connectivity index (χ1) is 8.54. The van der Waals surface area contributed by atoms with Crippen molar-refractivity contribution in [2.24, 2.45) is 0 Å². The predicted molar refractivity (Wildman–Crippen MR) is 59.3 cm³/mol. The number of piperidine rings is 1. The van der Waals surface area contributed by atoms with Crippen molar-refractivity contribution in [3.63, 3.8) is 0 Å². The Kier molecular flexibility index (Phi) is 3.44. The SMILES string of the molecule is COc1nc(OC)nc(N2CCC(F)(F)CC2)n1. The van der Waals surface area contributed by atoms with Crippen molar-refractivity contribution in [1.29, 1.82) is 0 Å². The number of rotatable bonds is 3. The van der Waals surface area contributed by atoms with E-state index in [1.165, 1.54) is 14.2 Å². The van der Waals surface area contributed by atoms with Crippen molar-refractivity contribution < 1.29 is 18.3 Å². The Balaban J connectivity index is 2.18. The molecule has 0 atom stereocenters. The third-order valence-corrected chi connectivity index (χ3v) is 2.73. The molecule has 0 unspecified atom stereocenters. The number of aromatic nitrogens is 3. The highest BCUT2D eigenvalue weighted by atomic mass is 19.3. The average Bonchev–Trinajstić information content (AvgIpc) is 2.38. The van der Waals surface area contributed by atoms with E-state index in [-0.39, 0.29) is 38.0 Å². The highest BCUT2D eigenvalue weighted by Gasteiger charge is 2.35. The molecule has 1 saturated heterocycles. The summed E-state index contributed by atoms with van der Waals surface area (Å²) in [5, 5.41) is 0. The van der Waals surface area contributed by atoms with Gasteiger partial charge < -0.3 is 14.4 Å². The van der Waals surface area contributed by atoms with E-state index in [1.807, 2.05) is 0 Å². The van der Waals surface area contributed by atoms with Gasteiger partial charge in [0.05, 0.1) is 14.2 Å². The first kappa shape index (κ1) is 12.7. The molecular weight excluding hydrogens is 246 g/mol. The summed E-state index contributed by atoms with van der Waals surface area (Å²) in [6.45, 7) is 0.395. The summed E-state index contributed by atoms with van der Waals surface area (Å²) in [6.07, 6.45) is -0.410. The van der Waals surface area contributed by atoms with Crippen molar-refractivity contribution in [2.75, 3.05) is 32.2 Å². The van der Waals surface area contributed by atoms with Crippen LogP contribution in [0.1, 0.15) is 12.8 Å². The first-order valence-corrected chi connectivity index (χ1v) is 5.51. The van der Waals surface area contributed by atoms with E-state index < -0.39 is 5.92 Å². The van der Waals surface area contributed by atoms with Gasteiger partial charge in [-0.05, 0) is 0 Å². The monoisotopic (exact) mass is 260 g/mol. The number of ether oxygens (including phenoxy) is 2. The molecule has 8 heteroatoms. The van der Waals surface area contributed by atoms with Crippen LogP contribution in [0.25, 0.3) is 0 Å². The van der Waals surface area contributed by atoms with Gasteiger partial charge in [0, 0.05) is 25.9 Å². The second kappa shape index (κ2) is 4.87. The summed E-state index contributed by atoms with van der Waals surface area (Å²) in [5.74, 6) is -2.30. The van der Waals surface area contributed by atoms with Gasteiger partial charge in [0.1, 0.15) is 0 Å². The average molecular weight is 260 g/mol. The molecule has 1 fully saturated rings. The summed E-state index contributed by atoms with van der Waals surface area (Å²) in [7, 11) is 2.84. The maximum atomic E-state index is 13.1. The van der Waals surface area contributed by atoms with E-state index in [0.717, 1.165) is 0 Å². The van der Waals surface area contributed by atoms with Crippen LogP contribution < -0.4 is 14.4 Å². The van der Waals surface area contributed by atoms with Crippen molar-refractivity contribution in [1.82, 2.24) is 15.0 Å². The van der Waals surface area contributed by atoms with Gasteiger partial charge in [-0.1, -0.05) is 0 Å². The number of hydrogen-bond donors (Lipinski definition) is 0. The van der Waals surface area contributed by atoms with E-state index in [4.69, 9.17) is 9.47 Å². The molecule has 1 aliphatic heterocycles. The Bertz CT molecular complexity index is 398. The molecule has 0 aromatic carbocycles. The molecule has 2 rings (SSSR count). The molecule has 18 heavy (non-hydrogen) atoms. The number of nitrogens with zero attached hydrogens (tertiary/aromatic N) is 4. The molecule has 2 heterocycles. The standard InChI is InChI=1S/C10H14F2N4O2/c1-17-8-13-7(14-9(15-8)18-2)16-5-3-10(11,12)4-6-16/h3-6H2,1-2H3. The molecule has 1 aromatic rings. The molecule has 0 amide bonds. The topological polar surface area (TPSA) is 60.4 Å². The minimum Gasteiger partial charge on any atom is -0.467 e. The number of halogens is 2. The van der Waals surface area contributed by atoms with E-state index in [1.54, 1.807) is 4.90 Å². The van der Waals surface area contributed by atoms with Crippen LogP contribution in [-0.2, 0) is 0 Å². The molecule has 0 N–H and O–H groups in total. The van der Waals surface area contributed by atoms with Crippen LogP contribution >= 0.6 is 0 Å². The summed E-state index contributed by atoms with van der Waals surface area (Å²) in [4.78, 5) is 13.6. The lowest BCUT2D eigenvalue weighted by Gasteiger charge is -2.31. The molecule has 0 bridgehead atoms. The third-order valence-electron chi connectivity index (χ3n) is 2.73. The smallest absolute Gasteiger partial charge is 0.324 e. The zero-order valence-electron chi connectivity index (χ0n) is 10.2. The molecule has 0 spiro atoms. The van der Waals surface area contributed by atoms with Gasteiger partial charge in [0.25, 0.3) is 5.92 Å². The molecule has 0 saturated carbocycles. The molecule has 0 radical (unpaired) electrons. The fraction of sp³-hybridized carbons (Fsp3) is 0.700. The summed E-state index contributed by atoms with van der Waals surface area (Å²) < 4.78 is 35.9. The number of anilines is 1. The van der Waals surface area contributed by atoms with E-state index in [2.05, 4.69) is 15.0 Å². The molecule has 6 nitrogen and oxygen atoms in total. The van der Waals surface area contributed by atoms with Gasteiger partial charge in [-0.15, -0.1) is 4.98 Å². The van der Waals surface area contributed by atoms with Gasteiger partial charge in [0.2, 0.25) is 5.95 Å². The van der Waals surface area contributed by atoms with Gasteiger partial charge in [-0.3, -0.25) is 0 Å². The van der Waals surface area contributed by atoms with Crippen LogP contribution in [0, 0.1) is 0 Å². The zero-order valence-corrected chi connectivity index (χ0v) is 10.2. The number of alkyl halides is 2. The van der Waals surface area contributed by atoms with Gasteiger partial charge in [-0.2, -0.15) is 9.97 Å². The Hall–Kier alpha value is -1.73. The zero-order chi connectivity index (χ0) is 13.2. The number of methoxy groups -OCH3 is 2. The van der Waals surface area contributed by atoms with Crippen molar-refractivity contribution >= 4 is 5.95 Å². The Labute approximate surface area is 103 Å². The molecule has 1 aromatic heterocycles. The molecular formula is C10H14F2N4O2. The minimum absolute atomic E-state index is 0.106. The minimum atomic E-state index is -2.60. The van der Waals surface area contributed by atoms with E-state index >= 15 is 0 Å². The lowest BCUT2D eigenvalue weighted by Crippen LogP contribution is -2.40. The summed E-state index contributed by atoms with van der Waals surface area (Å²) in [5.41, 5.74) is 0. The fourth-order valence-electron chi connectivity index (χ4n) is 1.69. The third kappa shape index (κ3) is 2.74. The lowest BCUT2D eigenvalue weighted by atomic mass is 10.1. The van der Waals surface area contributed by atoms with Crippen molar-refractivity contribution in [3.8, 4) is 12.0 Å². The Morgan fingerprint density at radius 1 is 1.00 bits per heavy atom. The quantitative estimate of drug-likeness (QED) is 0.811. The predicted octanol–water partition coefficient (Wildman–Crippen LogP) is 1.12. The lowest BCUT2D eigenvalue weighted by molar-refractivity contribution is -0.0222. The highest BCUT2D eigenvalue weighted by Crippen LogP contribution is 2.29. The van der Waals surface area contributed by atoms with Gasteiger partial charge >= 0.3 is 12.0 Å². The van der Waals surface area contributed by atoms with Crippen LogP contribution in [0.3, 0.4) is 0 Å². The van der Waals surface area contributed by atoms with Crippen LogP contribution in [0.5, 0.6) is 12.0 Å². The van der Waals surface area contributed by atoms with Gasteiger partial charge in [0.15, 0.2) is 0 Å². The van der Waals surface area contributed by atoms with Crippen LogP contribution in [0.2, 0.25) is 0 Å². The van der Waals surface area contributed by atoms with Crippen molar-refractivity contribution in [3.05, 3.63) is 0 Å². The second-order valence-electron chi connectivity index (χ2n) is 3.95. The number of hydrogen-bond acceptors (Lipinski definition) is 6. The summed E-state index contributed by atoms with van der Waals surface area (Å²) >= 11 is 0. The largest absolute Gasteiger partial charge is 0.467 e. The second-order valence-corrected chi connectivity index (χ2v) is 3.95. The van der Waals surface area contributed by atoms with Crippen LogP contribution in [0.15, 0.2) is 0 Å². The molecule has 0 aliphatic carbocycles. The Morgan fingerprint density at radius 2 is 1.50 bits per heavy atom. The maximum absolute atomic E-state index is 13.1. The van der Waals surface area contributed by atoms with Crippen LogP contribution in [-0.4, -0.2) is 48.2 Å². The van der Waals surface area contributed by atoms with Crippen LogP contribution in [0.4, 0.5) is 14.7 Å². The Morgan fingerprint density at radius 3 is 1.94 bits per heavy atom. The van der Waals surface area contributed by atoms with Crippen molar-refractivity contribution in [2.45, 2.75) is 18.8 Å². The van der Waals surface area contributed by atoms with E-state index in [9.17, 15) is 8.78 Å². The molecule has 1 aliphatic rings. The van der Waals surface area contributed by atoms with E-state index in [0.29, 0.717) is 5.95 Å².